The van der Waals surface area contributed by atoms with Crippen molar-refractivity contribution in [2.75, 3.05) is 11.1 Å². The molecular formula is C13H14ClN3O2S. The van der Waals surface area contributed by atoms with Gasteiger partial charge in [0.15, 0.2) is 0 Å². The quantitative estimate of drug-likeness (QED) is 0.754. The zero-order chi connectivity index (χ0) is 14.8. The molecule has 2 aromatic carbocycles. The van der Waals surface area contributed by atoms with E-state index in [2.05, 4.69) is 5.32 Å². The van der Waals surface area contributed by atoms with Crippen LogP contribution < -0.4 is 16.2 Å². The normalized spacial score (nSPS) is 11.3. The van der Waals surface area contributed by atoms with Gasteiger partial charge >= 0.3 is 0 Å². The van der Waals surface area contributed by atoms with Crippen molar-refractivity contribution in [2.24, 2.45) is 5.14 Å². The predicted molar refractivity (Wildman–Crippen MR) is 81.0 cm³/mol. The van der Waals surface area contributed by atoms with Crippen molar-refractivity contribution >= 4 is 33.0 Å². The first-order chi connectivity index (χ1) is 9.39. The summed E-state index contributed by atoms with van der Waals surface area (Å²) in [5, 5.41) is 8.78. The van der Waals surface area contributed by atoms with E-state index in [-0.39, 0.29) is 10.6 Å². The number of nitrogens with two attached hydrogens (primary N) is 2. The summed E-state index contributed by atoms with van der Waals surface area (Å²) >= 11 is 6.05. The van der Waals surface area contributed by atoms with Gasteiger partial charge in [-0.1, -0.05) is 35.9 Å². The van der Waals surface area contributed by atoms with E-state index in [1.165, 1.54) is 6.07 Å². The summed E-state index contributed by atoms with van der Waals surface area (Å²) in [7, 11) is -3.84. The largest absolute Gasteiger partial charge is 0.396 e. The first-order valence-corrected chi connectivity index (χ1v) is 7.70. The molecule has 0 radical (unpaired) electrons. The molecule has 0 bridgehead atoms. The van der Waals surface area contributed by atoms with Crippen LogP contribution in [0.3, 0.4) is 0 Å². The molecule has 2 aromatic rings. The summed E-state index contributed by atoms with van der Waals surface area (Å²) in [5.74, 6) is 0. The molecule has 0 saturated carbocycles. The highest BCUT2D eigenvalue weighted by atomic mass is 35.5. The fourth-order valence-electron chi connectivity index (χ4n) is 1.78. The zero-order valence-electron chi connectivity index (χ0n) is 10.5. The summed E-state index contributed by atoms with van der Waals surface area (Å²) in [4.78, 5) is -0.0957. The highest BCUT2D eigenvalue weighted by Crippen LogP contribution is 2.26. The standard InChI is InChI=1S/C13H14ClN3O2S/c14-10-5-2-1-4-9(10)8-17-11-6-3-7-12(13(11)15)20(16,18)19/h1-7,17H,8,15H2,(H2,16,18,19). The Labute approximate surface area is 122 Å². The van der Waals surface area contributed by atoms with E-state index >= 15 is 0 Å². The van der Waals surface area contributed by atoms with Gasteiger partial charge in [-0.2, -0.15) is 0 Å². The molecule has 0 saturated heterocycles. The SMILES string of the molecule is Nc1c(NCc2ccccc2Cl)cccc1S(N)(=O)=O. The molecule has 106 valence electrons. The lowest BCUT2D eigenvalue weighted by molar-refractivity contribution is 0.598. The van der Waals surface area contributed by atoms with Gasteiger partial charge in [-0.15, -0.1) is 0 Å². The van der Waals surface area contributed by atoms with E-state index in [1.54, 1.807) is 18.2 Å². The summed E-state index contributed by atoms with van der Waals surface area (Å²) in [5.41, 5.74) is 7.30. The number of nitrogens with one attached hydrogen (secondary N) is 1. The molecular weight excluding hydrogens is 298 g/mol. The van der Waals surface area contributed by atoms with Crippen LogP contribution in [0.25, 0.3) is 0 Å². The average molecular weight is 312 g/mol. The van der Waals surface area contributed by atoms with Crippen molar-refractivity contribution in [3.05, 3.63) is 53.1 Å². The molecule has 0 amide bonds. The van der Waals surface area contributed by atoms with Crippen LogP contribution in [-0.2, 0) is 16.6 Å². The van der Waals surface area contributed by atoms with Crippen LogP contribution >= 0.6 is 11.6 Å². The van der Waals surface area contributed by atoms with Crippen LogP contribution in [0.2, 0.25) is 5.02 Å². The third kappa shape index (κ3) is 3.22. The van der Waals surface area contributed by atoms with E-state index < -0.39 is 10.0 Å². The van der Waals surface area contributed by atoms with Crippen molar-refractivity contribution in [3.63, 3.8) is 0 Å². The fraction of sp³-hybridized carbons (Fsp3) is 0.0769. The molecule has 0 aliphatic rings. The number of hydrogen-bond acceptors (Lipinski definition) is 4. The maximum Gasteiger partial charge on any atom is 0.240 e. The van der Waals surface area contributed by atoms with Crippen molar-refractivity contribution in [2.45, 2.75) is 11.4 Å². The lowest BCUT2D eigenvalue weighted by Gasteiger charge is -2.12. The summed E-state index contributed by atoms with van der Waals surface area (Å²) in [6.07, 6.45) is 0. The smallest absolute Gasteiger partial charge is 0.240 e. The van der Waals surface area contributed by atoms with Gasteiger partial charge in [-0.3, -0.25) is 0 Å². The van der Waals surface area contributed by atoms with Gasteiger partial charge in [0.1, 0.15) is 4.90 Å². The molecule has 7 heteroatoms. The molecule has 5 N–H and O–H groups in total. The lowest BCUT2D eigenvalue weighted by Crippen LogP contribution is -2.15. The van der Waals surface area contributed by atoms with Gasteiger partial charge in [-0.25, -0.2) is 13.6 Å². The number of para-hydroxylation sites is 1. The molecule has 0 unspecified atom stereocenters. The highest BCUT2D eigenvalue weighted by Gasteiger charge is 2.14. The third-order valence-electron chi connectivity index (χ3n) is 2.80. The summed E-state index contributed by atoms with van der Waals surface area (Å²) in [6.45, 7) is 0.429. The van der Waals surface area contributed by atoms with Gasteiger partial charge < -0.3 is 11.1 Å². The van der Waals surface area contributed by atoms with Crippen molar-refractivity contribution in [1.29, 1.82) is 0 Å². The second kappa shape index (κ2) is 5.70. The third-order valence-corrected chi connectivity index (χ3v) is 4.14. The molecule has 0 aliphatic carbocycles. The molecule has 0 heterocycles. The second-order valence-corrected chi connectivity index (χ2v) is 6.14. The number of benzene rings is 2. The van der Waals surface area contributed by atoms with E-state index in [1.807, 2.05) is 18.2 Å². The van der Waals surface area contributed by atoms with Crippen LogP contribution in [-0.4, -0.2) is 8.42 Å². The Morgan fingerprint density at radius 3 is 2.45 bits per heavy atom. The average Bonchev–Trinajstić information content (AvgIpc) is 2.38. The van der Waals surface area contributed by atoms with Crippen LogP contribution in [0.4, 0.5) is 11.4 Å². The van der Waals surface area contributed by atoms with Crippen LogP contribution in [0.15, 0.2) is 47.4 Å². The number of sulfonamides is 1. The zero-order valence-corrected chi connectivity index (χ0v) is 12.1. The highest BCUT2D eigenvalue weighted by molar-refractivity contribution is 7.89. The molecule has 0 aromatic heterocycles. The minimum absolute atomic E-state index is 0.0957. The van der Waals surface area contributed by atoms with Crippen molar-refractivity contribution < 1.29 is 8.42 Å². The van der Waals surface area contributed by atoms with Gasteiger partial charge in [0.05, 0.1) is 11.4 Å². The Morgan fingerprint density at radius 2 is 1.80 bits per heavy atom. The van der Waals surface area contributed by atoms with Gasteiger partial charge in [-0.05, 0) is 23.8 Å². The number of nitrogen functional groups attached to an aromatic ring is 1. The van der Waals surface area contributed by atoms with E-state index in [0.29, 0.717) is 17.3 Å². The van der Waals surface area contributed by atoms with E-state index in [0.717, 1.165) is 5.56 Å². The fourth-order valence-corrected chi connectivity index (χ4v) is 2.67. The summed E-state index contributed by atoms with van der Waals surface area (Å²) in [6, 6.07) is 12.0. The molecule has 20 heavy (non-hydrogen) atoms. The van der Waals surface area contributed by atoms with E-state index in [9.17, 15) is 8.42 Å². The van der Waals surface area contributed by atoms with Crippen LogP contribution in [0, 0.1) is 0 Å². The minimum atomic E-state index is -3.84. The van der Waals surface area contributed by atoms with Crippen molar-refractivity contribution in [3.8, 4) is 0 Å². The Balaban J connectivity index is 2.25. The number of rotatable bonds is 4. The Morgan fingerprint density at radius 1 is 1.10 bits per heavy atom. The van der Waals surface area contributed by atoms with E-state index in [4.69, 9.17) is 22.5 Å². The molecule has 0 aliphatic heterocycles. The van der Waals surface area contributed by atoms with Crippen LogP contribution in [0.5, 0.6) is 0 Å². The Kier molecular flexibility index (Phi) is 4.17. The lowest BCUT2D eigenvalue weighted by atomic mass is 10.2. The molecule has 0 spiro atoms. The molecule has 0 atom stereocenters. The molecule has 5 nitrogen and oxygen atoms in total. The Hall–Kier alpha value is -1.76. The number of hydrogen-bond donors (Lipinski definition) is 3. The number of primary sulfonamides is 1. The minimum Gasteiger partial charge on any atom is -0.396 e. The maximum absolute atomic E-state index is 11.4. The van der Waals surface area contributed by atoms with Crippen molar-refractivity contribution in [1.82, 2.24) is 0 Å². The first kappa shape index (κ1) is 14.6. The summed E-state index contributed by atoms with van der Waals surface area (Å²) < 4.78 is 22.8. The van der Waals surface area contributed by atoms with Crippen LogP contribution in [0.1, 0.15) is 5.56 Å². The number of halogens is 1. The van der Waals surface area contributed by atoms with Gasteiger partial charge in [0.2, 0.25) is 10.0 Å². The number of anilines is 2. The maximum atomic E-state index is 11.4. The van der Waals surface area contributed by atoms with Gasteiger partial charge in [0.25, 0.3) is 0 Å². The first-order valence-electron chi connectivity index (χ1n) is 5.78. The second-order valence-electron chi connectivity index (χ2n) is 4.21. The molecule has 2 rings (SSSR count). The van der Waals surface area contributed by atoms with Gasteiger partial charge in [0, 0.05) is 11.6 Å². The Bertz CT molecular complexity index is 732. The topological polar surface area (TPSA) is 98.2 Å². The monoisotopic (exact) mass is 311 g/mol. The molecule has 0 fully saturated rings. The predicted octanol–water partition coefficient (Wildman–Crippen LogP) is 2.18.